The number of fused-ring (bicyclic) bond motifs is 1. The predicted octanol–water partition coefficient (Wildman–Crippen LogP) is 1.42. The first kappa shape index (κ1) is 8.75. The minimum absolute atomic E-state index is 0.643. The third kappa shape index (κ3) is 1.61. The van der Waals surface area contributed by atoms with Gasteiger partial charge in [-0.3, -0.25) is 9.58 Å². The summed E-state index contributed by atoms with van der Waals surface area (Å²) in [6.45, 7) is 9.79. The molecule has 0 saturated carbocycles. The molecule has 0 N–H and O–H groups in total. The number of rotatable bonds is 1. The summed E-state index contributed by atoms with van der Waals surface area (Å²) in [5.74, 6) is 0. The minimum atomic E-state index is 0.643. The zero-order chi connectivity index (χ0) is 9.42. The Morgan fingerprint density at radius 1 is 1.38 bits per heavy atom. The maximum absolute atomic E-state index is 4.43. The van der Waals surface area contributed by atoms with Crippen LogP contribution in [0.2, 0.25) is 0 Å². The number of aromatic nitrogens is 2. The normalized spacial score (nSPS) is 17.8. The maximum Gasteiger partial charge on any atom is 0.0597 e. The molecular weight excluding hydrogens is 162 g/mol. The van der Waals surface area contributed by atoms with E-state index in [0.717, 1.165) is 25.3 Å². The smallest absolute Gasteiger partial charge is 0.0597 e. The van der Waals surface area contributed by atoms with Gasteiger partial charge < -0.3 is 0 Å². The van der Waals surface area contributed by atoms with Crippen molar-refractivity contribution in [3.8, 4) is 0 Å². The second-order valence-corrected chi connectivity index (χ2v) is 4.06. The van der Waals surface area contributed by atoms with Crippen LogP contribution in [0.25, 0.3) is 0 Å². The highest BCUT2D eigenvalue weighted by atomic mass is 15.3. The van der Waals surface area contributed by atoms with Crippen LogP contribution in [0, 0.1) is 6.92 Å². The first-order chi connectivity index (χ1) is 6.16. The van der Waals surface area contributed by atoms with Gasteiger partial charge in [-0.1, -0.05) is 0 Å². The van der Waals surface area contributed by atoms with Crippen LogP contribution in [-0.4, -0.2) is 27.3 Å². The van der Waals surface area contributed by atoms with Gasteiger partial charge in [0.05, 0.1) is 17.9 Å². The number of aryl methyl sites for hydroxylation is 1. The van der Waals surface area contributed by atoms with E-state index in [2.05, 4.69) is 41.5 Å². The molecule has 0 unspecified atom stereocenters. The van der Waals surface area contributed by atoms with Crippen molar-refractivity contribution in [2.45, 2.75) is 39.9 Å². The molecule has 0 saturated heterocycles. The molecule has 0 fully saturated rings. The molecule has 0 spiro atoms. The lowest BCUT2D eigenvalue weighted by Gasteiger charge is -2.30. The van der Waals surface area contributed by atoms with Crippen LogP contribution in [0.5, 0.6) is 0 Å². The Hall–Kier alpha value is -0.830. The van der Waals surface area contributed by atoms with Crippen LogP contribution in [0.3, 0.4) is 0 Å². The molecule has 0 aromatic carbocycles. The van der Waals surface area contributed by atoms with E-state index in [4.69, 9.17) is 0 Å². The average Bonchev–Trinajstić information content (AvgIpc) is 2.42. The molecule has 2 rings (SSSR count). The van der Waals surface area contributed by atoms with E-state index in [9.17, 15) is 0 Å². The molecule has 2 heterocycles. The second-order valence-electron chi connectivity index (χ2n) is 4.06. The highest BCUT2D eigenvalue weighted by Gasteiger charge is 2.18. The molecule has 13 heavy (non-hydrogen) atoms. The molecule has 0 radical (unpaired) electrons. The van der Waals surface area contributed by atoms with E-state index in [1.807, 2.05) is 0 Å². The topological polar surface area (TPSA) is 21.1 Å². The largest absolute Gasteiger partial charge is 0.293 e. The zero-order valence-corrected chi connectivity index (χ0v) is 8.62. The van der Waals surface area contributed by atoms with E-state index in [1.54, 1.807) is 0 Å². The summed E-state index contributed by atoms with van der Waals surface area (Å²) in [6, 6.07) is 2.83. The van der Waals surface area contributed by atoms with Gasteiger partial charge in [0.15, 0.2) is 0 Å². The number of hydrogen-bond acceptors (Lipinski definition) is 2. The Morgan fingerprint density at radius 2 is 2.15 bits per heavy atom. The van der Waals surface area contributed by atoms with Crippen molar-refractivity contribution in [2.75, 3.05) is 6.54 Å². The zero-order valence-electron chi connectivity index (χ0n) is 8.62. The first-order valence-corrected chi connectivity index (χ1v) is 4.94. The van der Waals surface area contributed by atoms with Crippen molar-refractivity contribution in [1.29, 1.82) is 0 Å². The predicted molar refractivity (Wildman–Crippen MR) is 52.5 cm³/mol. The third-order valence-electron chi connectivity index (χ3n) is 2.68. The van der Waals surface area contributed by atoms with Gasteiger partial charge in [0.2, 0.25) is 0 Å². The third-order valence-corrected chi connectivity index (χ3v) is 2.68. The van der Waals surface area contributed by atoms with Crippen molar-refractivity contribution in [1.82, 2.24) is 14.7 Å². The fourth-order valence-electron chi connectivity index (χ4n) is 1.87. The monoisotopic (exact) mass is 179 g/mol. The number of hydrogen-bond donors (Lipinski definition) is 0. The minimum Gasteiger partial charge on any atom is -0.293 e. The van der Waals surface area contributed by atoms with Crippen LogP contribution in [0.1, 0.15) is 25.2 Å². The fraction of sp³-hybridized carbons (Fsp3) is 0.700. The summed E-state index contributed by atoms with van der Waals surface area (Å²) < 4.78 is 2.13. The molecule has 0 amide bonds. The van der Waals surface area contributed by atoms with Gasteiger partial charge in [0.25, 0.3) is 0 Å². The van der Waals surface area contributed by atoms with Crippen molar-refractivity contribution in [3.63, 3.8) is 0 Å². The molecule has 1 aromatic heterocycles. The number of nitrogens with zero attached hydrogens (tertiary/aromatic N) is 3. The second kappa shape index (κ2) is 3.14. The van der Waals surface area contributed by atoms with Gasteiger partial charge in [-0.15, -0.1) is 0 Å². The summed E-state index contributed by atoms with van der Waals surface area (Å²) in [4.78, 5) is 2.48. The van der Waals surface area contributed by atoms with E-state index in [0.29, 0.717) is 6.04 Å². The Bertz CT molecular complexity index is 301. The molecule has 0 atom stereocenters. The summed E-state index contributed by atoms with van der Waals surface area (Å²) in [5.41, 5.74) is 2.50. The molecule has 0 bridgehead atoms. The van der Waals surface area contributed by atoms with Crippen molar-refractivity contribution in [3.05, 3.63) is 17.5 Å². The van der Waals surface area contributed by atoms with Crippen molar-refractivity contribution < 1.29 is 0 Å². The molecule has 3 heteroatoms. The summed E-state index contributed by atoms with van der Waals surface area (Å²) in [6.07, 6.45) is 0. The van der Waals surface area contributed by atoms with Gasteiger partial charge in [0, 0.05) is 19.1 Å². The molecule has 3 nitrogen and oxygen atoms in total. The van der Waals surface area contributed by atoms with Gasteiger partial charge in [-0.2, -0.15) is 5.10 Å². The molecule has 0 aliphatic carbocycles. The molecular formula is C10H17N3. The average molecular weight is 179 g/mol. The lowest BCUT2D eigenvalue weighted by Crippen LogP contribution is -2.38. The Balaban J connectivity index is 2.19. The Morgan fingerprint density at radius 3 is 2.85 bits per heavy atom. The van der Waals surface area contributed by atoms with E-state index in [-0.39, 0.29) is 0 Å². The van der Waals surface area contributed by atoms with Crippen molar-refractivity contribution in [2.24, 2.45) is 0 Å². The summed E-state index contributed by atoms with van der Waals surface area (Å²) in [7, 11) is 0. The lowest BCUT2D eigenvalue weighted by atomic mass is 10.2. The highest BCUT2D eigenvalue weighted by molar-refractivity contribution is 5.10. The Labute approximate surface area is 79.3 Å². The molecule has 72 valence electrons. The van der Waals surface area contributed by atoms with Gasteiger partial charge >= 0.3 is 0 Å². The van der Waals surface area contributed by atoms with E-state index >= 15 is 0 Å². The Kier molecular flexibility index (Phi) is 2.12. The summed E-state index contributed by atoms with van der Waals surface area (Å²) >= 11 is 0. The fourth-order valence-corrected chi connectivity index (χ4v) is 1.87. The lowest BCUT2D eigenvalue weighted by molar-refractivity contribution is 0.171. The van der Waals surface area contributed by atoms with Crippen LogP contribution in [0.4, 0.5) is 0 Å². The quantitative estimate of drug-likeness (QED) is 0.650. The van der Waals surface area contributed by atoms with Crippen molar-refractivity contribution >= 4 is 0 Å². The maximum atomic E-state index is 4.43. The van der Waals surface area contributed by atoms with Gasteiger partial charge in [0.1, 0.15) is 0 Å². The van der Waals surface area contributed by atoms with E-state index in [1.165, 1.54) is 5.69 Å². The SMILES string of the molecule is Cc1cc2n(n1)CCN(C(C)C)C2. The van der Waals surface area contributed by atoms with Crippen LogP contribution < -0.4 is 0 Å². The summed E-state index contributed by atoms with van der Waals surface area (Å²) in [5, 5.41) is 4.43. The van der Waals surface area contributed by atoms with E-state index < -0.39 is 0 Å². The van der Waals surface area contributed by atoms with Gasteiger partial charge in [-0.25, -0.2) is 0 Å². The van der Waals surface area contributed by atoms with Crippen LogP contribution >= 0.6 is 0 Å². The molecule has 1 aliphatic rings. The molecule has 1 aliphatic heterocycles. The standard InChI is InChI=1S/C10H17N3/c1-8(2)12-4-5-13-10(7-12)6-9(3)11-13/h6,8H,4-5,7H2,1-3H3. The van der Waals surface area contributed by atoms with Gasteiger partial charge in [-0.05, 0) is 26.8 Å². The van der Waals surface area contributed by atoms with Crippen LogP contribution in [-0.2, 0) is 13.1 Å². The highest BCUT2D eigenvalue weighted by Crippen LogP contribution is 2.14. The van der Waals surface area contributed by atoms with Crippen LogP contribution in [0.15, 0.2) is 6.07 Å². The first-order valence-electron chi connectivity index (χ1n) is 4.94. The molecule has 1 aromatic rings.